The van der Waals surface area contributed by atoms with Crippen molar-refractivity contribution in [1.82, 2.24) is 4.90 Å². The first-order chi connectivity index (χ1) is 15.3. The zero-order valence-electron chi connectivity index (χ0n) is 19.8. The molecule has 2 saturated carbocycles. The molecule has 4 aliphatic carbocycles. The van der Waals surface area contributed by atoms with E-state index in [2.05, 4.69) is 30.1 Å². The lowest BCUT2D eigenvalue weighted by Crippen LogP contribution is -2.70. The van der Waals surface area contributed by atoms with Crippen LogP contribution in [-0.2, 0) is 23.8 Å². The average molecular weight is 444 g/mol. The Labute approximate surface area is 191 Å². The third kappa shape index (κ3) is 3.12. The van der Waals surface area contributed by atoms with Crippen LogP contribution in [0.1, 0.15) is 46.5 Å². The normalized spacial score (nSPS) is 44.3. The van der Waals surface area contributed by atoms with Gasteiger partial charge in [-0.15, -0.1) is 0 Å². The molecule has 3 fully saturated rings. The maximum absolute atomic E-state index is 12.3. The molecule has 5 rings (SSSR count). The van der Waals surface area contributed by atoms with Gasteiger partial charge in [0.05, 0.1) is 6.61 Å². The van der Waals surface area contributed by atoms with Crippen LogP contribution in [0, 0.1) is 34.5 Å². The molecule has 8 atom stereocenters. The summed E-state index contributed by atoms with van der Waals surface area (Å²) in [6.45, 7) is 8.95. The van der Waals surface area contributed by atoms with Gasteiger partial charge in [0.15, 0.2) is 0 Å². The standard InChI is InChI=1S/C26H37NO5/c1-5-27-13-25(15-30-4)11-10-22(31-16(2)28)26(14-27)20-12-19-7-6-18(8-9-21(25)26)23(20)24(19)32-17(3)29/h6-8,19-24H,5,9-15H2,1-4H3/t19-,20+,21+,22-,23+,24-,25-,26-/m0/s1. The molecule has 0 aromatic carbocycles. The summed E-state index contributed by atoms with van der Waals surface area (Å²) in [5, 5.41) is 0. The molecule has 6 nitrogen and oxygen atoms in total. The molecule has 1 saturated heterocycles. The van der Waals surface area contributed by atoms with Crippen LogP contribution < -0.4 is 0 Å². The van der Waals surface area contributed by atoms with Crippen LogP contribution in [0.2, 0.25) is 0 Å². The van der Waals surface area contributed by atoms with Crippen molar-refractivity contribution in [2.24, 2.45) is 34.5 Å². The van der Waals surface area contributed by atoms with Gasteiger partial charge in [-0.25, -0.2) is 0 Å². The molecule has 1 heterocycles. The summed E-state index contributed by atoms with van der Waals surface area (Å²) in [4.78, 5) is 26.9. The monoisotopic (exact) mass is 443 g/mol. The predicted molar refractivity (Wildman–Crippen MR) is 120 cm³/mol. The van der Waals surface area contributed by atoms with Gasteiger partial charge in [-0.05, 0) is 49.6 Å². The molecule has 0 N–H and O–H groups in total. The molecule has 0 spiro atoms. The van der Waals surface area contributed by atoms with E-state index in [9.17, 15) is 9.59 Å². The molecule has 32 heavy (non-hydrogen) atoms. The number of carbonyl (C=O) groups excluding carboxylic acids is 2. The van der Waals surface area contributed by atoms with Gasteiger partial charge >= 0.3 is 11.9 Å². The quantitative estimate of drug-likeness (QED) is 0.607. The van der Waals surface area contributed by atoms with E-state index in [-0.39, 0.29) is 46.8 Å². The maximum Gasteiger partial charge on any atom is 0.302 e. The number of allylic oxidation sites excluding steroid dienone is 2. The second kappa shape index (κ2) is 7.98. The van der Waals surface area contributed by atoms with Crippen LogP contribution in [0.4, 0.5) is 0 Å². The summed E-state index contributed by atoms with van der Waals surface area (Å²) < 4.78 is 18.0. The number of hydrogen-bond acceptors (Lipinski definition) is 6. The van der Waals surface area contributed by atoms with Crippen molar-refractivity contribution in [3.05, 3.63) is 23.8 Å². The molecule has 6 heteroatoms. The Morgan fingerprint density at radius 2 is 1.97 bits per heavy atom. The number of carbonyl (C=O) groups is 2. The van der Waals surface area contributed by atoms with Gasteiger partial charge in [0.2, 0.25) is 0 Å². The van der Waals surface area contributed by atoms with Gasteiger partial charge in [0.25, 0.3) is 0 Å². The summed E-state index contributed by atoms with van der Waals surface area (Å²) in [5.41, 5.74) is 1.19. The minimum absolute atomic E-state index is 0.0497. The van der Waals surface area contributed by atoms with Gasteiger partial charge < -0.3 is 19.1 Å². The molecule has 0 aromatic rings. The first-order valence-corrected chi connectivity index (χ1v) is 12.3. The summed E-state index contributed by atoms with van der Waals surface area (Å²) >= 11 is 0. The molecule has 0 aromatic heterocycles. The van der Waals surface area contributed by atoms with E-state index in [0.29, 0.717) is 11.8 Å². The van der Waals surface area contributed by atoms with Crippen LogP contribution in [-0.4, -0.2) is 62.4 Å². The highest BCUT2D eigenvalue weighted by atomic mass is 16.5. The van der Waals surface area contributed by atoms with Crippen LogP contribution in [0.5, 0.6) is 0 Å². The van der Waals surface area contributed by atoms with Gasteiger partial charge in [0.1, 0.15) is 12.2 Å². The summed E-state index contributed by atoms with van der Waals surface area (Å²) in [5.74, 6) is 0.690. The lowest BCUT2D eigenvalue weighted by Gasteiger charge is -2.65. The fraction of sp³-hybridized carbons (Fsp3) is 0.769. The number of likely N-dealkylation sites (tertiary alicyclic amines) is 1. The van der Waals surface area contributed by atoms with Crippen LogP contribution >= 0.6 is 0 Å². The SMILES string of the molecule is CCN1C[C@]2(COC)CC[C@H](OC(C)=O)[C@@]3(C1)[C@@H]1C[C@@H]4C=CC(=CC[C@H]23)[C@H]1[C@H]4OC(C)=O. The molecule has 0 amide bonds. The summed E-state index contributed by atoms with van der Waals surface area (Å²) in [6.07, 6.45) is 10.5. The van der Waals surface area contributed by atoms with Crippen LogP contribution in [0.25, 0.3) is 0 Å². The van der Waals surface area contributed by atoms with Crippen molar-refractivity contribution in [1.29, 1.82) is 0 Å². The zero-order valence-corrected chi connectivity index (χ0v) is 19.8. The fourth-order valence-electron chi connectivity index (χ4n) is 8.52. The van der Waals surface area contributed by atoms with Gasteiger partial charge in [-0.1, -0.05) is 25.2 Å². The number of hydrogen-bond donors (Lipinski definition) is 0. The molecule has 0 radical (unpaired) electrons. The van der Waals surface area contributed by atoms with E-state index in [0.717, 1.165) is 51.9 Å². The van der Waals surface area contributed by atoms with Gasteiger partial charge in [0, 0.05) is 56.7 Å². The molecule has 4 bridgehead atoms. The first-order valence-electron chi connectivity index (χ1n) is 12.3. The fourth-order valence-corrected chi connectivity index (χ4v) is 8.52. The number of ether oxygens (including phenoxy) is 3. The lowest BCUT2D eigenvalue weighted by atomic mass is 9.46. The largest absolute Gasteiger partial charge is 0.462 e. The van der Waals surface area contributed by atoms with Crippen molar-refractivity contribution >= 4 is 11.9 Å². The highest BCUT2D eigenvalue weighted by Gasteiger charge is 2.69. The average Bonchev–Trinajstić information content (AvgIpc) is 2.89. The van der Waals surface area contributed by atoms with E-state index in [4.69, 9.17) is 14.2 Å². The second-order valence-corrected chi connectivity index (χ2v) is 10.8. The van der Waals surface area contributed by atoms with E-state index in [1.54, 1.807) is 6.92 Å². The third-order valence-corrected chi connectivity index (χ3v) is 9.35. The molecule has 0 unspecified atom stereocenters. The zero-order chi connectivity index (χ0) is 22.7. The summed E-state index contributed by atoms with van der Waals surface area (Å²) in [7, 11) is 1.81. The Morgan fingerprint density at radius 3 is 2.66 bits per heavy atom. The topological polar surface area (TPSA) is 65.1 Å². The Morgan fingerprint density at radius 1 is 1.19 bits per heavy atom. The van der Waals surface area contributed by atoms with Crippen molar-refractivity contribution in [2.45, 2.75) is 58.7 Å². The number of piperidine rings is 1. The highest BCUT2D eigenvalue weighted by molar-refractivity contribution is 5.67. The van der Waals surface area contributed by atoms with E-state index >= 15 is 0 Å². The molecule has 176 valence electrons. The number of nitrogens with zero attached hydrogens (tertiary/aromatic N) is 1. The molecule has 5 aliphatic rings. The van der Waals surface area contributed by atoms with E-state index in [1.807, 2.05) is 7.11 Å². The number of methoxy groups -OCH3 is 1. The highest BCUT2D eigenvalue weighted by Crippen LogP contribution is 2.68. The first kappa shape index (κ1) is 22.1. The minimum Gasteiger partial charge on any atom is -0.462 e. The molecular weight excluding hydrogens is 406 g/mol. The Kier molecular flexibility index (Phi) is 5.52. The van der Waals surface area contributed by atoms with Crippen molar-refractivity contribution in [3.8, 4) is 0 Å². The Balaban J connectivity index is 1.67. The van der Waals surface area contributed by atoms with Gasteiger partial charge in [-0.3, -0.25) is 9.59 Å². The smallest absolute Gasteiger partial charge is 0.302 e. The van der Waals surface area contributed by atoms with Crippen molar-refractivity contribution in [3.63, 3.8) is 0 Å². The predicted octanol–water partition coefficient (Wildman–Crippen LogP) is 3.37. The van der Waals surface area contributed by atoms with Crippen LogP contribution in [0.3, 0.4) is 0 Å². The maximum atomic E-state index is 12.3. The van der Waals surface area contributed by atoms with Crippen molar-refractivity contribution < 1.29 is 23.8 Å². The Bertz CT molecular complexity index is 851. The second-order valence-electron chi connectivity index (χ2n) is 10.8. The Hall–Kier alpha value is -1.66. The number of fused-ring (bicyclic) bond motifs is 1. The van der Waals surface area contributed by atoms with Gasteiger partial charge in [-0.2, -0.15) is 0 Å². The minimum atomic E-state index is -0.207. The van der Waals surface area contributed by atoms with E-state index in [1.165, 1.54) is 12.5 Å². The number of esters is 2. The molecular formula is C26H37NO5. The van der Waals surface area contributed by atoms with E-state index < -0.39 is 0 Å². The molecule has 1 aliphatic heterocycles. The third-order valence-electron chi connectivity index (χ3n) is 9.35. The van der Waals surface area contributed by atoms with Crippen LogP contribution in [0.15, 0.2) is 23.8 Å². The lowest BCUT2D eigenvalue weighted by molar-refractivity contribution is -0.227. The number of rotatable bonds is 5. The van der Waals surface area contributed by atoms with Crippen molar-refractivity contribution in [2.75, 3.05) is 33.4 Å². The summed E-state index contributed by atoms with van der Waals surface area (Å²) in [6, 6.07) is 0.